The molecule has 3 atom stereocenters. The Kier molecular flexibility index (Phi) is 2.88. The van der Waals surface area contributed by atoms with E-state index < -0.39 is 0 Å². The minimum absolute atomic E-state index is 0.0334. The molecule has 1 spiro atoms. The summed E-state index contributed by atoms with van der Waals surface area (Å²) in [6.07, 6.45) is 2.04. The summed E-state index contributed by atoms with van der Waals surface area (Å²) in [5.41, 5.74) is 7.15. The maximum atomic E-state index is 10.3. The third-order valence-electron chi connectivity index (χ3n) is 6.34. The molecule has 23 heavy (non-hydrogen) atoms. The van der Waals surface area contributed by atoms with Gasteiger partial charge in [0.15, 0.2) is 0 Å². The summed E-state index contributed by atoms with van der Waals surface area (Å²) in [4.78, 5) is 0. The Labute approximate surface area is 137 Å². The van der Waals surface area contributed by atoms with Crippen molar-refractivity contribution in [3.05, 3.63) is 57.6 Å². The Bertz CT molecular complexity index is 750. The molecule has 2 aromatic carbocycles. The first-order chi connectivity index (χ1) is 10.9. The van der Waals surface area contributed by atoms with Crippen molar-refractivity contribution < 1.29 is 10.2 Å². The van der Waals surface area contributed by atoms with Gasteiger partial charge in [0.1, 0.15) is 11.5 Å². The first-order valence-electron chi connectivity index (χ1n) is 8.51. The molecule has 4 rings (SSSR count). The number of rotatable bonds is 0. The second kappa shape index (κ2) is 4.53. The molecule has 2 aliphatic carbocycles. The van der Waals surface area contributed by atoms with E-state index in [4.69, 9.17) is 0 Å². The molecule has 2 N–H and O–H groups in total. The van der Waals surface area contributed by atoms with Crippen LogP contribution in [-0.2, 0) is 18.3 Å². The van der Waals surface area contributed by atoms with Crippen LogP contribution in [0, 0.1) is 25.7 Å². The fourth-order valence-corrected chi connectivity index (χ4v) is 5.28. The molecule has 0 amide bonds. The van der Waals surface area contributed by atoms with Crippen molar-refractivity contribution in [2.75, 3.05) is 0 Å². The minimum atomic E-state index is -0.0334. The van der Waals surface area contributed by atoms with Gasteiger partial charge in [0.25, 0.3) is 0 Å². The third kappa shape index (κ3) is 1.69. The molecule has 0 aromatic heterocycles. The van der Waals surface area contributed by atoms with Crippen molar-refractivity contribution in [2.45, 2.75) is 46.0 Å². The van der Waals surface area contributed by atoms with Gasteiger partial charge < -0.3 is 10.2 Å². The molecule has 2 aromatic rings. The zero-order chi connectivity index (χ0) is 16.5. The van der Waals surface area contributed by atoms with Crippen LogP contribution in [0.4, 0.5) is 0 Å². The molecule has 0 radical (unpaired) electrons. The van der Waals surface area contributed by atoms with Gasteiger partial charge in [-0.15, -0.1) is 0 Å². The summed E-state index contributed by atoms with van der Waals surface area (Å²) in [5, 5.41) is 20.4. The van der Waals surface area contributed by atoms with E-state index in [1.165, 1.54) is 22.3 Å². The van der Waals surface area contributed by atoms with Crippen LogP contribution in [0.25, 0.3) is 0 Å². The number of phenols is 2. The van der Waals surface area contributed by atoms with Gasteiger partial charge in [-0.25, -0.2) is 0 Å². The van der Waals surface area contributed by atoms with E-state index in [-0.39, 0.29) is 5.41 Å². The zero-order valence-electron chi connectivity index (χ0n) is 14.3. The van der Waals surface area contributed by atoms with E-state index in [1.54, 1.807) is 0 Å². The lowest BCUT2D eigenvalue weighted by atomic mass is 9.66. The Morgan fingerprint density at radius 1 is 0.783 bits per heavy atom. The van der Waals surface area contributed by atoms with Crippen molar-refractivity contribution in [1.29, 1.82) is 0 Å². The van der Waals surface area contributed by atoms with Crippen LogP contribution in [0.5, 0.6) is 11.5 Å². The minimum Gasteiger partial charge on any atom is -0.508 e. The van der Waals surface area contributed by atoms with Gasteiger partial charge >= 0.3 is 0 Å². The topological polar surface area (TPSA) is 40.5 Å². The van der Waals surface area contributed by atoms with Gasteiger partial charge in [-0.05, 0) is 84.0 Å². The van der Waals surface area contributed by atoms with E-state index in [1.807, 2.05) is 26.0 Å². The molecule has 120 valence electrons. The quantitative estimate of drug-likeness (QED) is 0.758. The summed E-state index contributed by atoms with van der Waals surface area (Å²) < 4.78 is 0. The van der Waals surface area contributed by atoms with Crippen LogP contribution < -0.4 is 0 Å². The van der Waals surface area contributed by atoms with Crippen LogP contribution in [0.15, 0.2) is 24.3 Å². The molecule has 0 saturated heterocycles. The highest BCUT2D eigenvalue weighted by Crippen LogP contribution is 2.59. The lowest BCUT2D eigenvalue weighted by Crippen LogP contribution is -2.35. The molecular formula is C21H24O2. The number of hydrogen-bond donors (Lipinski definition) is 2. The molecule has 0 fully saturated rings. The number of benzene rings is 2. The van der Waals surface area contributed by atoms with Crippen LogP contribution in [-0.4, -0.2) is 10.2 Å². The summed E-state index contributed by atoms with van der Waals surface area (Å²) in [5.74, 6) is 1.76. The highest BCUT2D eigenvalue weighted by Gasteiger charge is 2.54. The highest BCUT2D eigenvalue weighted by molar-refractivity contribution is 5.60. The lowest BCUT2D eigenvalue weighted by Gasteiger charge is -2.37. The predicted molar refractivity (Wildman–Crippen MR) is 92.2 cm³/mol. The molecular weight excluding hydrogens is 284 g/mol. The van der Waals surface area contributed by atoms with Crippen LogP contribution in [0.2, 0.25) is 0 Å². The molecule has 2 aliphatic rings. The largest absolute Gasteiger partial charge is 0.508 e. The molecule has 3 unspecified atom stereocenters. The van der Waals surface area contributed by atoms with E-state index in [0.717, 1.165) is 24.0 Å². The van der Waals surface area contributed by atoms with Gasteiger partial charge in [0.05, 0.1) is 0 Å². The first kappa shape index (κ1) is 14.6. The van der Waals surface area contributed by atoms with Gasteiger partial charge in [-0.3, -0.25) is 0 Å². The maximum Gasteiger partial charge on any atom is 0.118 e. The van der Waals surface area contributed by atoms with Crippen molar-refractivity contribution in [2.24, 2.45) is 11.8 Å². The average Bonchev–Trinajstić information content (AvgIpc) is 2.90. The van der Waals surface area contributed by atoms with Crippen molar-refractivity contribution in [1.82, 2.24) is 0 Å². The molecule has 0 aliphatic heterocycles. The molecule has 0 saturated carbocycles. The summed E-state index contributed by atoms with van der Waals surface area (Å²) in [6.45, 7) is 8.59. The van der Waals surface area contributed by atoms with E-state index in [0.29, 0.717) is 23.3 Å². The van der Waals surface area contributed by atoms with E-state index >= 15 is 0 Å². The van der Waals surface area contributed by atoms with Crippen LogP contribution in [0.3, 0.4) is 0 Å². The van der Waals surface area contributed by atoms with Crippen molar-refractivity contribution >= 4 is 0 Å². The number of fused-ring (bicyclic) bond motifs is 4. The Morgan fingerprint density at radius 2 is 1.26 bits per heavy atom. The molecule has 0 heterocycles. The Hall–Kier alpha value is -1.96. The first-order valence-corrected chi connectivity index (χ1v) is 8.51. The van der Waals surface area contributed by atoms with Gasteiger partial charge in [0, 0.05) is 5.41 Å². The summed E-state index contributed by atoms with van der Waals surface area (Å²) in [6, 6.07) is 8.29. The Morgan fingerprint density at radius 3 is 1.91 bits per heavy atom. The Balaban J connectivity index is 2.04. The van der Waals surface area contributed by atoms with Gasteiger partial charge in [-0.2, -0.15) is 0 Å². The fraction of sp³-hybridized carbons (Fsp3) is 0.429. The van der Waals surface area contributed by atoms with E-state index in [2.05, 4.69) is 26.0 Å². The molecule has 2 nitrogen and oxygen atoms in total. The summed E-state index contributed by atoms with van der Waals surface area (Å²) in [7, 11) is 0. The van der Waals surface area contributed by atoms with Gasteiger partial charge in [0.2, 0.25) is 0 Å². The normalized spacial score (nSPS) is 28.2. The number of aryl methyl sites for hydroxylation is 2. The second-order valence-corrected chi connectivity index (χ2v) is 7.67. The molecule has 2 heteroatoms. The van der Waals surface area contributed by atoms with Crippen molar-refractivity contribution in [3.63, 3.8) is 0 Å². The SMILES string of the molecule is Cc1cc2c(cc1O)CC(C)C21c2cc(O)c(C)cc2CC1C. The van der Waals surface area contributed by atoms with Crippen molar-refractivity contribution in [3.8, 4) is 11.5 Å². The maximum absolute atomic E-state index is 10.3. The van der Waals surface area contributed by atoms with Crippen LogP contribution >= 0.6 is 0 Å². The highest BCUT2D eigenvalue weighted by atomic mass is 16.3. The van der Waals surface area contributed by atoms with E-state index in [9.17, 15) is 10.2 Å². The number of aromatic hydroxyl groups is 2. The second-order valence-electron chi connectivity index (χ2n) is 7.67. The lowest BCUT2D eigenvalue weighted by molar-refractivity contribution is 0.287. The monoisotopic (exact) mass is 308 g/mol. The fourth-order valence-electron chi connectivity index (χ4n) is 5.28. The number of hydrogen-bond acceptors (Lipinski definition) is 2. The average molecular weight is 308 g/mol. The summed E-state index contributed by atoms with van der Waals surface area (Å²) >= 11 is 0. The number of phenolic OH excluding ortho intramolecular Hbond substituents is 2. The zero-order valence-corrected chi connectivity index (χ0v) is 14.3. The standard InChI is InChI=1S/C21H24O2/c1-11-5-15-7-13(3)21(18(15)10-20(11)23)14(4)8-16-9-19(22)12(2)6-17(16)21/h5-6,9-10,13-14,22-23H,7-8H2,1-4H3. The molecule has 0 bridgehead atoms. The third-order valence-corrected chi connectivity index (χ3v) is 6.34. The van der Waals surface area contributed by atoms with Crippen LogP contribution in [0.1, 0.15) is 47.2 Å². The van der Waals surface area contributed by atoms with Gasteiger partial charge in [-0.1, -0.05) is 26.0 Å². The predicted octanol–water partition coefficient (Wildman–Crippen LogP) is 4.39. The smallest absolute Gasteiger partial charge is 0.118 e.